The van der Waals surface area contributed by atoms with E-state index in [1.54, 1.807) is 32.7 Å². The molecule has 1 aromatic carbocycles. The lowest BCUT2D eigenvalue weighted by Crippen LogP contribution is -2.38. The summed E-state index contributed by atoms with van der Waals surface area (Å²) >= 11 is 0. The number of aliphatic carboxylic acids is 2. The number of aromatic nitrogens is 2. The smallest absolute Gasteiger partial charge is 0.414 e. The molecule has 4 N–H and O–H groups in total. The molecule has 0 bridgehead atoms. The molecule has 2 rings (SSSR count). The van der Waals surface area contributed by atoms with Crippen LogP contribution >= 0.6 is 0 Å². The zero-order valence-electron chi connectivity index (χ0n) is 17.0. The number of methoxy groups -OCH3 is 2. The summed E-state index contributed by atoms with van der Waals surface area (Å²) in [5, 5.41) is 21.4. The number of nitrogens with one attached hydrogen (secondary N) is 2. The normalized spacial score (nSPS) is 10.8. The lowest BCUT2D eigenvalue weighted by Gasteiger charge is -2.19. The van der Waals surface area contributed by atoms with E-state index >= 15 is 0 Å². The van der Waals surface area contributed by atoms with Gasteiger partial charge >= 0.3 is 11.9 Å². The molecule has 0 aliphatic carbocycles. The maximum atomic E-state index is 9.10. The highest BCUT2D eigenvalue weighted by atomic mass is 16.5. The van der Waals surface area contributed by atoms with E-state index in [-0.39, 0.29) is 6.17 Å². The minimum atomic E-state index is -1.82. The Hall–Kier alpha value is -3.60. The molecule has 1 atom stereocenters. The predicted octanol–water partition coefficient (Wildman–Crippen LogP) is 1.47. The largest absolute Gasteiger partial charge is 0.493 e. The average molecular weight is 422 g/mol. The highest BCUT2D eigenvalue weighted by molar-refractivity contribution is 6.27. The minimum absolute atomic E-state index is 0.0724. The topological polar surface area (TPSA) is 152 Å². The molecule has 0 saturated heterocycles. The number of carboxylic acids is 2. The fourth-order valence-corrected chi connectivity index (χ4v) is 2.19. The third kappa shape index (κ3) is 8.61. The number of anilines is 1. The van der Waals surface area contributed by atoms with Crippen molar-refractivity contribution < 1.29 is 34.0 Å². The van der Waals surface area contributed by atoms with E-state index in [1.807, 2.05) is 18.2 Å². The molecular weight excluding hydrogens is 396 g/mol. The average Bonchev–Trinajstić information content (AvgIpc) is 2.76. The van der Waals surface area contributed by atoms with Gasteiger partial charge in [0.2, 0.25) is 11.7 Å². The zero-order valence-corrected chi connectivity index (χ0v) is 17.0. The maximum absolute atomic E-state index is 9.10. The number of nitrogens with zero attached hydrogens (tertiary/aromatic N) is 2. The van der Waals surface area contributed by atoms with Gasteiger partial charge in [-0.2, -0.15) is 0 Å². The van der Waals surface area contributed by atoms with Gasteiger partial charge in [-0.15, -0.1) is 0 Å². The molecule has 1 heterocycles. The molecule has 0 saturated carbocycles. The second-order valence-corrected chi connectivity index (χ2v) is 5.58. The van der Waals surface area contributed by atoms with Crippen molar-refractivity contribution in [1.82, 2.24) is 15.3 Å². The summed E-state index contributed by atoms with van der Waals surface area (Å²) in [5.41, 5.74) is 0. The van der Waals surface area contributed by atoms with Gasteiger partial charge < -0.3 is 29.7 Å². The summed E-state index contributed by atoms with van der Waals surface area (Å²) in [6.07, 6.45) is 4.38. The van der Waals surface area contributed by atoms with E-state index in [4.69, 9.17) is 34.0 Å². The van der Waals surface area contributed by atoms with Crippen LogP contribution in [0.5, 0.6) is 17.2 Å². The number of rotatable bonds is 10. The summed E-state index contributed by atoms with van der Waals surface area (Å²) in [7, 11) is 3.20. The summed E-state index contributed by atoms with van der Waals surface area (Å²) in [4.78, 5) is 26.5. The highest BCUT2D eigenvalue weighted by Crippen LogP contribution is 2.36. The zero-order chi connectivity index (χ0) is 22.4. The van der Waals surface area contributed by atoms with E-state index in [9.17, 15) is 0 Å². The van der Waals surface area contributed by atoms with E-state index in [0.29, 0.717) is 36.3 Å². The van der Waals surface area contributed by atoms with E-state index in [1.165, 1.54) is 0 Å². The van der Waals surface area contributed by atoms with Crippen molar-refractivity contribution in [1.29, 1.82) is 0 Å². The Balaban J connectivity index is 0.000000656. The molecular formula is C19H26N4O7. The van der Waals surface area contributed by atoms with Crippen LogP contribution in [-0.2, 0) is 9.59 Å². The quantitative estimate of drug-likeness (QED) is 0.250. The Labute approximate surface area is 174 Å². The molecule has 0 fully saturated rings. The van der Waals surface area contributed by atoms with Gasteiger partial charge in [0.05, 0.1) is 20.4 Å². The number of hydrogen-bond donors (Lipinski definition) is 4. The van der Waals surface area contributed by atoms with Crippen LogP contribution in [-0.4, -0.2) is 65.7 Å². The maximum Gasteiger partial charge on any atom is 0.414 e. The molecule has 1 aromatic heterocycles. The standard InChI is InChI=1S/C17H24N4O3.C2H2O4/c1-4-15(21-17-19-9-6-10-20-17)18-11-12-24-14-8-5-7-13(22-2)16(14)23-3;3-1(4)2(5)6/h5-10,15,18H,4,11-12H2,1-3H3,(H,19,20,21);(H,3,4)(H,5,6). The van der Waals surface area contributed by atoms with Crippen molar-refractivity contribution in [2.45, 2.75) is 19.5 Å². The molecule has 30 heavy (non-hydrogen) atoms. The monoisotopic (exact) mass is 422 g/mol. The molecule has 0 radical (unpaired) electrons. The van der Waals surface area contributed by atoms with Crippen LogP contribution < -0.4 is 24.8 Å². The molecule has 11 heteroatoms. The first-order chi connectivity index (χ1) is 14.4. The van der Waals surface area contributed by atoms with Gasteiger partial charge in [-0.3, -0.25) is 5.32 Å². The predicted molar refractivity (Wildman–Crippen MR) is 108 cm³/mol. The fourth-order valence-electron chi connectivity index (χ4n) is 2.19. The molecule has 0 aliphatic rings. The molecule has 164 valence electrons. The lowest BCUT2D eigenvalue weighted by molar-refractivity contribution is -0.159. The SMILES string of the molecule is CCC(NCCOc1cccc(OC)c1OC)Nc1ncccn1.O=C(O)C(=O)O. The van der Waals surface area contributed by atoms with Crippen LogP contribution in [0.1, 0.15) is 13.3 Å². The first-order valence-electron chi connectivity index (χ1n) is 8.99. The Morgan fingerprint density at radius 1 is 1.03 bits per heavy atom. The number of benzene rings is 1. The van der Waals surface area contributed by atoms with Gasteiger partial charge in [-0.25, -0.2) is 19.6 Å². The minimum Gasteiger partial charge on any atom is -0.493 e. The molecule has 2 aromatic rings. The lowest BCUT2D eigenvalue weighted by atomic mass is 10.3. The third-order valence-electron chi connectivity index (χ3n) is 3.58. The number of hydrogen-bond acceptors (Lipinski definition) is 9. The molecule has 0 spiro atoms. The molecule has 11 nitrogen and oxygen atoms in total. The summed E-state index contributed by atoms with van der Waals surface area (Å²) in [5.74, 6) is -1.14. The van der Waals surface area contributed by atoms with Gasteiger partial charge in [0.15, 0.2) is 11.5 Å². The van der Waals surface area contributed by atoms with E-state index in [0.717, 1.165) is 6.42 Å². The fraction of sp³-hybridized carbons (Fsp3) is 0.368. The number of para-hydroxylation sites is 1. The van der Waals surface area contributed by atoms with Crippen molar-refractivity contribution in [2.24, 2.45) is 0 Å². The summed E-state index contributed by atoms with van der Waals surface area (Å²) in [6, 6.07) is 7.34. The van der Waals surface area contributed by atoms with Gasteiger partial charge in [-0.1, -0.05) is 13.0 Å². The first-order valence-corrected chi connectivity index (χ1v) is 8.99. The van der Waals surface area contributed by atoms with Gasteiger partial charge in [-0.05, 0) is 24.6 Å². The van der Waals surface area contributed by atoms with Crippen molar-refractivity contribution in [3.05, 3.63) is 36.7 Å². The number of carbonyl (C=O) groups is 2. The molecule has 0 amide bonds. The summed E-state index contributed by atoms with van der Waals surface area (Å²) in [6.45, 7) is 3.25. The second-order valence-electron chi connectivity index (χ2n) is 5.58. The van der Waals surface area contributed by atoms with Crippen LogP contribution in [0.2, 0.25) is 0 Å². The summed E-state index contributed by atoms with van der Waals surface area (Å²) < 4.78 is 16.4. The Kier molecular flexibility index (Phi) is 11.0. The van der Waals surface area contributed by atoms with Crippen LogP contribution in [0, 0.1) is 0 Å². The van der Waals surface area contributed by atoms with Crippen molar-refractivity contribution in [2.75, 3.05) is 32.7 Å². The molecule has 0 aliphatic heterocycles. The first kappa shape index (κ1) is 24.4. The number of carboxylic acid groups (broad SMARTS) is 2. The Morgan fingerprint density at radius 3 is 2.20 bits per heavy atom. The Morgan fingerprint density at radius 2 is 1.67 bits per heavy atom. The highest BCUT2D eigenvalue weighted by Gasteiger charge is 2.11. The van der Waals surface area contributed by atoms with Gasteiger partial charge in [0, 0.05) is 18.9 Å². The van der Waals surface area contributed by atoms with Crippen molar-refractivity contribution in [3.63, 3.8) is 0 Å². The number of ether oxygens (including phenoxy) is 3. The van der Waals surface area contributed by atoms with Crippen LogP contribution in [0.25, 0.3) is 0 Å². The van der Waals surface area contributed by atoms with Crippen LogP contribution in [0.4, 0.5) is 5.95 Å². The second kappa shape index (κ2) is 13.6. The van der Waals surface area contributed by atoms with Gasteiger partial charge in [0.1, 0.15) is 6.61 Å². The Bertz CT molecular complexity index is 778. The van der Waals surface area contributed by atoms with Crippen molar-refractivity contribution >= 4 is 17.9 Å². The van der Waals surface area contributed by atoms with Crippen LogP contribution in [0.15, 0.2) is 36.7 Å². The third-order valence-corrected chi connectivity index (χ3v) is 3.58. The van der Waals surface area contributed by atoms with E-state index < -0.39 is 11.9 Å². The van der Waals surface area contributed by atoms with Gasteiger partial charge in [0.25, 0.3) is 0 Å². The van der Waals surface area contributed by atoms with Crippen molar-refractivity contribution in [3.8, 4) is 17.2 Å². The molecule has 1 unspecified atom stereocenters. The van der Waals surface area contributed by atoms with E-state index in [2.05, 4.69) is 27.5 Å². The van der Waals surface area contributed by atoms with Crippen LogP contribution in [0.3, 0.4) is 0 Å².